The van der Waals surface area contributed by atoms with Gasteiger partial charge in [-0.1, -0.05) is 26.7 Å². The van der Waals surface area contributed by atoms with Crippen molar-refractivity contribution in [3.63, 3.8) is 0 Å². The smallest absolute Gasteiger partial charge is 0.407 e. The van der Waals surface area contributed by atoms with Gasteiger partial charge in [0.1, 0.15) is 17.1 Å². The molecule has 2 heterocycles. The molecule has 0 unspecified atom stereocenters. The van der Waals surface area contributed by atoms with E-state index in [1.807, 2.05) is 39.8 Å². The van der Waals surface area contributed by atoms with Crippen LogP contribution in [-0.4, -0.2) is 46.9 Å². The van der Waals surface area contributed by atoms with E-state index < -0.39 is 20.0 Å². The predicted octanol–water partition coefficient (Wildman–Crippen LogP) is 8.48. The molecule has 2 aromatic rings. The normalized spacial score (nSPS) is 18.5. The second-order valence-corrected chi connectivity index (χ2v) is 20.2. The van der Waals surface area contributed by atoms with Crippen LogP contribution in [0.1, 0.15) is 119 Å². The number of carbonyl (C=O) groups excluding carboxylic acids is 1. The minimum absolute atomic E-state index is 0.0363. The molecule has 1 fully saturated rings. The van der Waals surface area contributed by atoms with Gasteiger partial charge in [0.15, 0.2) is 8.32 Å². The Morgan fingerprint density at radius 1 is 1.12 bits per heavy atom. The average molecular weight is 610 g/mol. The predicted molar refractivity (Wildman–Crippen MR) is 178 cm³/mol. The van der Waals surface area contributed by atoms with Gasteiger partial charge in [-0.05, 0) is 110 Å². The number of rotatable bonds is 8. The van der Waals surface area contributed by atoms with Gasteiger partial charge >= 0.3 is 6.09 Å². The number of alkyl carbamates (subject to hydrolysis) is 1. The second kappa shape index (κ2) is 13.4. The molecule has 0 spiro atoms. The Hall–Kier alpha value is -2.83. The van der Waals surface area contributed by atoms with Crippen molar-refractivity contribution in [3.05, 3.63) is 35.8 Å². The largest absolute Gasteiger partial charge is 0.444 e. The molecule has 1 aliphatic carbocycles. The highest BCUT2D eigenvalue weighted by Gasteiger charge is 2.41. The van der Waals surface area contributed by atoms with Crippen molar-refractivity contribution in [1.82, 2.24) is 20.1 Å². The van der Waals surface area contributed by atoms with Crippen LogP contribution in [0.4, 0.5) is 16.3 Å². The van der Waals surface area contributed by atoms with Gasteiger partial charge in [0.25, 0.3) is 0 Å². The standard InChI is InChI=1S/C34H55N5O3Si/c1-24(36-31(40)41-33(5,6)7)15-13-14-16-26-22-27(19-20-35-26)37-30-23-29(38-39(30)32(2,3)4)25-17-18-28(21-25)42-43(11,12)34(8,9)10/h19-20,22-25,28H,13,15,17-18,21H2,1-12H3,(H,35,37)(H,36,40)/t24-,25+,28-/m1/s1. The molecule has 3 rings (SSSR count). The summed E-state index contributed by atoms with van der Waals surface area (Å²) < 4.78 is 14.2. The van der Waals surface area contributed by atoms with Gasteiger partial charge in [-0.2, -0.15) is 5.10 Å². The van der Waals surface area contributed by atoms with E-state index >= 15 is 0 Å². The van der Waals surface area contributed by atoms with Gasteiger partial charge in [-0.25, -0.2) is 14.5 Å². The van der Waals surface area contributed by atoms with E-state index in [0.29, 0.717) is 24.1 Å². The molecule has 238 valence electrons. The highest BCUT2D eigenvalue weighted by Crippen LogP contribution is 2.43. The molecule has 3 atom stereocenters. The number of nitrogens with zero attached hydrogens (tertiary/aromatic N) is 3. The summed E-state index contributed by atoms with van der Waals surface area (Å²) in [5.74, 6) is 7.72. The van der Waals surface area contributed by atoms with Crippen molar-refractivity contribution in [3.8, 4) is 11.8 Å². The Bertz CT molecular complexity index is 1300. The van der Waals surface area contributed by atoms with Gasteiger partial charge in [0.2, 0.25) is 0 Å². The Balaban J connectivity index is 1.65. The number of hydrogen-bond acceptors (Lipinski definition) is 6. The zero-order valence-electron chi connectivity index (χ0n) is 28.6. The Labute approximate surface area is 261 Å². The van der Waals surface area contributed by atoms with Crippen LogP contribution in [0.3, 0.4) is 0 Å². The van der Waals surface area contributed by atoms with E-state index in [1.54, 1.807) is 6.20 Å². The first-order chi connectivity index (χ1) is 19.7. The summed E-state index contributed by atoms with van der Waals surface area (Å²) in [6.45, 7) is 25.6. The quantitative estimate of drug-likeness (QED) is 0.230. The van der Waals surface area contributed by atoms with Gasteiger partial charge in [-0.3, -0.25) is 0 Å². The van der Waals surface area contributed by atoms with Gasteiger partial charge in [0, 0.05) is 42.4 Å². The average Bonchev–Trinajstić information content (AvgIpc) is 3.47. The molecule has 0 aromatic carbocycles. The molecule has 0 aliphatic heterocycles. The highest BCUT2D eigenvalue weighted by atomic mass is 28.4. The van der Waals surface area contributed by atoms with Crippen LogP contribution in [0.5, 0.6) is 0 Å². The third-order valence-electron chi connectivity index (χ3n) is 8.15. The zero-order valence-corrected chi connectivity index (χ0v) is 29.6. The van der Waals surface area contributed by atoms with Crippen molar-refractivity contribution >= 4 is 25.9 Å². The molecule has 0 bridgehead atoms. The number of nitrogens with one attached hydrogen (secondary N) is 2. The van der Waals surface area contributed by atoms with E-state index in [9.17, 15) is 4.79 Å². The third-order valence-corrected chi connectivity index (χ3v) is 12.7. The summed E-state index contributed by atoms with van der Waals surface area (Å²) in [5, 5.41) is 11.8. The number of anilines is 2. The molecule has 1 amide bonds. The Morgan fingerprint density at radius 2 is 1.81 bits per heavy atom. The van der Waals surface area contributed by atoms with Crippen molar-refractivity contribution in [1.29, 1.82) is 0 Å². The fraction of sp³-hybridized carbons (Fsp3) is 0.676. The molecule has 2 N–H and O–H groups in total. The molecular weight excluding hydrogens is 554 g/mol. The van der Waals surface area contributed by atoms with Crippen molar-refractivity contribution in [2.45, 2.75) is 149 Å². The van der Waals surface area contributed by atoms with Crippen LogP contribution < -0.4 is 10.6 Å². The number of ether oxygens (including phenoxy) is 1. The van der Waals surface area contributed by atoms with E-state index in [1.165, 1.54) is 0 Å². The van der Waals surface area contributed by atoms with Crippen LogP contribution in [-0.2, 0) is 14.7 Å². The number of carbonyl (C=O) groups is 1. The molecule has 43 heavy (non-hydrogen) atoms. The summed E-state index contributed by atoms with van der Waals surface area (Å²) in [6, 6.07) is 6.09. The number of amides is 1. The van der Waals surface area contributed by atoms with Crippen LogP contribution in [0.15, 0.2) is 24.4 Å². The third kappa shape index (κ3) is 10.4. The first-order valence-electron chi connectivity index (χ1n) is 15.7. The van der Waals surface area contributed by atoms with Crippen LogP contribution in [0.25, 0.3) is 0 Å². The van der Waals surface area contributed by atoms with Gasteiger partial charge in [-0.15, -0.1) is 0 Å². The van der Waals surface area contributed by atoms with E-state index in [2.05, 4.69) is 92.8 Å². The molecule has 1 aliphatic rings. The lowest BCUT2D eigenvalue weighted by Gasteiger charge is -2.38. The lowest BCUT2D eigenvalue weighted by Crippen LogP contribution is -2.43. The van der Waals surface area contributed by atoms with Crippen LogP contribution in [0, 0.1) is 11.8 Å². The van der Waals surface area contributed by atoms with Crippen LogP contribution >= 0.6 is 0 Å². The minimum atomic E-state index is -1.80. The first-order valence-corrected chi connectivity index (χ1v) is 18.6. The molecule has 0 saturated heterocycles. The molecule has 1 saturated carbocycles. The maximum absolute atomic E-state index is 12.0. The van der Waals surface area contributed by atoms with E-state index in [4.69, 9.17) is 14.3 Å². The number of aromatic nitrogens is 3. The number of pyridine rings is 1. The van der Waals surface area contributed by atoms with Crippen LogP contribution in [0.2, 0.25) is 18.1 Å². The summed E-state index contributed by atoms with van der Waals surface area (Å²) in [7, 11) is -1.80. The molecular formula is C34H55N5O3Si. The minimum Gasteiger partial charge on any atom is -0.444 e. The lowest BCUT2D eigenvalue weighted by atomic mass is 10.0. The van der Waals surface area contributed by atoms with E-state index in [0.717, 1.165) is 42.9 Å². The summed E-state index contributed by atoms with van der Waals surface area (Å²) in [5.41, 5.74) is 2.04. The Morgan fingerprint density at radius 3 is 2.44 bits per heavy atom. The lowest BCUT2D eigenvalue weighted by molar-refractivity contribution is 0.0506. The van der Waals surface area contributed by atoms with Gasteiger partial charge in [0.05, 0.1) is 11.2 Å². The van der Waals surface area contributed by atoms with Crippen molar-refractivity contribution < 1.29 is 14.0 Å². The number of hydrogen-bond donors (Lipinski definition) is 2. The maximum Gasteiger partial charge on any atom is 0.407 e. The van der Waals surface area contributed by atoms with Crippen molar-refractivity contribution in [2.75, 3.05) is 5.32 Å². The topological polar surface area (TPSA) is 90.3 Å². The van der Waals surface area contributed by atoms with E-state index in [-0.39, 0.29) is 16.6 Å². The maximum atomic E-state index is 12.0. The molecule has 8 nitrogen and oxygen atoms in total. The fourth-order valence-corrected chi connectivity index (χ4v) is 6.26. The van der Waals surface area contributed by atoms with Crippen molar-refractivity contribution in [2.24, 2.45) is 0 Å². The first kappa shape index (κ1) is 34.7. The zero-order chi connectivity index (χ0) is 32.2. The molecule has 0 radical (unpaired) electrons. The molecule has 2 aromatic heterocycles. The molecule has 9 heteroatoms. The summed E-state index contributed by atoms with van der Waals surface area (Å²) in [4.78, 5) is 16.4. The monoisotopic (exact) mass is 609 g/mol. The fourth-order valence-electron chi connectivity index (χ4n) is 4.86. The summed E-state index contributed by atoms with van der Waals surface area (Å²) in [6.07, 6.45) is 6.24. The summed E-state index contributed by atoms with van der Waals surface area (Å²) >= 11 is 0. The second-order valence-electron chi connectivity index (χ2n) is 15.5. The SMILES string of the molecule is C[C@H](CCC#Cc1cc(Nc2cc([C@H]3CC[C@@H](O[Si](C)(C)C(C)(C)C)C3)nn2C(C)(C)C)ccn1)NC(=O)OC(C)(C)C. The van der Waals surface area contributed by atoms with Gasteiger partial charge < -0.3 is 19.8 Å². The Kier molecular flexibility index (Phi) is 10.8. The highest BCUT2D eigenvalue weighted by molar-refractivity contribution is 6.74.